The summed E-state index contributed by atoms with van der Waals surface area (Å²) in [4.78, 5) is 0. The van der Waals surface area contributed by atoms with Gasteiger partial charge in [0.15, 0.2) is 0 Å². The van der Waals surface area contributed by atoms with E-state index in [2.05, 4.69) is 13.0 Å². The third kappa shape index (κ3) is 8.33. The van der Waals surface area contributed by atoms with Gasteiger partial charge in [-0.15, -0.1) is 0 Å². The first-order valence-corrected chi connectivity index (χ1v) is 6.56. The Bertz CT molecular complexity index is 726. The fraction of sp³-hybridized carbons (Fsp3) is 0.667. The molecule has 1 aromatic rings. The Hall–Kier alpha value is -0.780. The van der Waals surface area contributed by atoms with E-state index < -0.39 is 55.2 Å². The fourth-order valence-corrected chi connectivity index (χ4v) is 1.51. The minimum absolute atomic E-state index is 0.293. The zero-order chi connectivity index (χ0) is 23.5. The third-order valence-corrected chi connectivity index (χ3v) is 2.49. The Morgan fingerprint density at radius 2 is 1.78 bits per heavy atom. The minimum atomic E-state index is -3.44. The molecule has 0 spiro atoms. The molecule has 0 aliphatic rings. The molecule has 0 aliphatic heterocycles. The number of rotatable bonds is 11. The van der Waals surface area contributed by atoms with Crippen molar-refractivity contribution in [1.82, 2.24) is 0 Å². The van der Waals surface area contributed by atoms with Crippen molar-refractivity contribution in [2.75, 3.05) is 0 Å². The van der Waals surface area contributed by atoms with Gasteiger partial charge in [-0.1, -0.05) is 88.8 Å². The second-order valence-corrected chi connectivity index (χ2v) is 4.07. The standard InChI is InChI=1S/C18H29/c1-2-3-4-5-6-7-8-9-10-12-15-18-16-13-11-14-17-18/h11,13-14,16H,2-10,12,15H2,1H3/i9T2,10T2,11T,12T2,13T,14T,15T2,16T. The third-order valence-electron chi connectivity index (χ3n) is 2.49. The van der Waals surface area contributed by atoms with Crippen LogP contribution in [0, 0.1) is 6.07 Å². The molecule has 0 N–H and O–H groups in total. The molecule has 0 unspecified atom stereocenters. The van der Waals surface area contributed by atoms with E-state index >= 15 is 0 Å². The average molecular weight is 270 g/mol. The van der Waals surface area contributed by atoms with Crippen LogP contribution < -0.4 is 0 Å². The first-order valence-electron chi connectivity index (χ1n) is 12.6. The monoisotopic (exact) mass is 269 g/mol. The maximum absolute atomic E-state index is 8.21. The summed E-state index contributed by atoms with van der Waals surface area (Å²) in [6.45, 7) is 2.06. The Morgan fingerprint density at radius 3 is 2.61 bits per heavy atom. The van der Waals surface area contributed by atoms with Crippen LogP contribution in [0.3, 0.4) is 0 Å². The van der Waals surface area contributed by atoms with Crippen LogP contribution in [0.1, 0.15) is 93.0 Å². The summed E-state index contributed by atoms with van der Waals surface area (Å²) in [7, 11) is 0. The Morgan fingerprint density at radius 1 is 1.00 bits per heavy atom. The summed E-state index contributed by atoms with van der Waals surface area (Å²) in [5, 5.41) is 0. The van der Waals surface area contributed by atoms with Crippen LogP contribution in [0.5, 0.6) is 0 Å². The zero-order valence-electron chi connectivity index (χ0n) is 22.9. The predicted molar refractivity (Wildman–Crippen MR) is 80.8 cm³/mol. The number of aryl methyl sites for hydroxylation is 1. The molecule has 0 bridgehead atoms. The second-order valence-electron chi connectivity index (χ2n) is 4.07. The molecule has 18 heavy (non-hydrogen) atoms. The quantitative estimate of drug-likeness (QED) is 0.435. The van der Waals surface area contributed by atoms with Gasteiger partial charge in [0, 0.05) is 11.0 Å². The SMILES string of the molecule is [3H]c1[c]c(C([3H])([3H])C([3H])([3H])C([3H])([3H])C([3H])([3H])CCCCCCCC)c([3H])c([3H])c1[3H]. The molecule has 1 radical (unpaired) electrons. The minimum Gasteiger partial charge on any atom is -0.0654 e. The van der Waals surface area contributed by atoms with Crippen molar-refractivity contribution in [2.45, 2.75) is 77.4 Å². The highest BCUT2D eigenvalue weighted by Gasteiger charge is 1.94. The smallest absolute Gasteiger partial charge is 0.0629 e. The summed E-state index contributed by atoms with van der Waals surface area (Å²) in [5.41, 5.74) is -0.863. The van der Waals surface area contributed by atoms with E-state index in [9.17, 15) is 0 Å². The molecule has 0 aliphatic carbocycles. The van der Waals surface area contributed by atoms with Crippen LogP contribution >= 0.6 is 0 Å². The first kappa shape index (κ1) is 5.31. The summed E-state index contributed by atoms with van der Waals surface area (Å²) in [5.74, 6) is 0. The molecule has 0 saturated carbocycles. The second kappa shape index (κ2) is 11.3. The molecular weight excluding hydrogens is 216 g/mol. The van der Waals surface area contributed by atoms with Gasteiger partial charge >= 0.3 is 0 Å². The normalized spacial score (nSPS) is 23.6. The van der Waals surface area contributed by atoms with Crippen LogP contribution in [0.25, 0.3) is 0 Å². The fourth-order valence-electron chi connectivity index (χ4n) is 1.51. The van der Waals surface area contributed by atoms with Crippen LogP contribution in [0.4, 0.5) is 0 Å². The molecule has 1 rings (SSSR count). The van der Waals surface area contributed by atoms with Crippen molar-refractivity contribution in [1.29, 1.82) is 0 Å². The number of unbranched alkanes of at least 4 members (excludes halogenated alkanes) is 5. The number of hydrogen-bond acceptors (Lipinski definition) is 0. The molecule has 0 amide bonds. The van der Waals surface area contributed by atoms with Gasteiger partial charge in [-0.2, -0.15) is 0 Å². The maximum Gasteiger partial charge on any atom is 0.0629 e. The maximum atomic E-state index is 8.21. The molecule has 0 nitrogen and oxygen atoms in total. The summed E-state index contributed by atoms with van der Waals surface area (Å²) >= 11 is 0. The molecule has 0 saturated heterocycles. The van der Waals surface area contributed by atoms with Gasteiger partial charge in [0.05, 0.1) is 5.48 Å². The highest BCUT2D eigenvalue weighted by molar-refractivity contribution is 5.12. The van der Waals surface area contributed by atoms with Crippen molar-refractivity contribution in [3.05, 3.63) is 35.8 Å². The van der Waals surface area contributed by atoms with Gasteiger partial charge < -0.3 is 0 Å². The van der Waals surface area contributed by atoms with Gasteiger partial charge in [-0.25, -0.2) is 0 Å². The van der Waals surface area contributed by atoms with E-state index in [0.29, 0.717) is 12.8 Å². The molecule has 0 fully saturated rings. The van der Waals surface area contributed by atoms with Crippen molar-refractivity contribution >= 4 is 0 Å². The van der Waals surface area contributed by atoms with E-state index in [0.717, 1.165) is 25.7 Å². The summed E-state index contributed by atoms with van der Waals surface area (Å²) in [6, 6.07) is -0.930. The van der Waals surface area contributed by atoms with Gasteiger partial charge in [0.25, 0.3) is 0 Å². The van der Waals surface area contributed by atoms with Crippen LogP contribution in [-0.4, -0.2) is 0 Å². The van der Waals surface area contributed by atoms with Gasteiger partial charge in [-0.05, 0) is 24.4 Å². The van der Waals surface area contributed by atoms with E-state index in [4.69, 9.17) is 16.4 Å². The van der Waals surface area contributed by atoms with Gasteiger partial charge in [0.2, 0.25) is 0 Å². The number of benzene rings is 1. The molecule has 0 heteroatoms. The molecule has 1 aromatic carbocycles. The van der Waals surface area contributed by atoms with Crippen LogP contribution in [-0.2, 0) is 6.37 Å². The summed E-state index contributed by atoms with van der Waals surface area (Å²) in [6.07, 6.45) is -8.05. The lowest BCUT2D eigenvalue weighted by atomic mass is 10.0. The van der Waals surface area contributed by atoms with Crippen molar-refractivity contribution in [3.8, 4) is 0 Å². The van der Waals surface area contributed by atoms with E-state index in [1.54, 1.807) is 0 Å². The van der Waals surface area contributed by atoms with Crippen molar-refractivity contribution < 1.29 is 16.4 Å². The van der Waals surface area contributed by atoms with E-state index in [1.165, 1.54) is 0 Å². The largest absolute Gasteiger partial charge is 0.0654 e. The van der Waals surface area contributed by atoms with Crippen molar-refractivity contribution in [2.24, 2.45) is 0 Å². The highest BCUT2D eigenvalue weighted by Crippen LogP contribution is 2.12. The lowest BCUT2D eigenvalue weighted by Gasteiger charge is -2.02. The first-order chi connectivity index (χ1) is 13.6. The lowest BCUT2D eigenvalue weighted by Crippen LogP contribution is -1.86. The van der Waals surface area contributed by atoms with E-state index in [-0.39, 0.29) is 6.42 Å². The lowest BCUT2D eigenvalue weighted by molar-refractivity contribution is 0.556. The topological polar surface area (TPSA) is 0 Å². The average Bonchev–Trinajstić information content (AvgIpc) is 2.65. The zero-order valence-corrected chi connectivity index (χ0v) is 10.9. The Kier molecular flexibility index (Phi) is 3.34. The van der Waals surface area contributed by atoms with Crippen LogP contribution in [0.15, 0.2) is 24.2 Å². The summed E-state index contributed by atoms with van der Waals surface area (Å²) < 4.78 is 96.1. The van der Waals surface area contributed by atoms with Gasteiger partial charge in [-0.3, -0.25) is 0 Å². The molecule has 0 heterocycles. The number of hydrogen-bond donors (Lipinski definition) is 0. The highest BCUT2D eigenvalue weighted by atomic mass is 14.0. The Labute approximate surface area is 131 Å². The molecule has 0 aromatic heterocycles. The molecular formula is C18H29. The molecule has 101 valence electrons. The predicted octanol–water partition coefficient (Wildman–Crippen LogP) is 5.95. The van der Waals surface area contributed by atoms with E-state index in [1.807, 2.05) is 0 Å². The Balaban J connectivity index is 3.20. The molecule has 0 atom stereocenters. The van der Waals surface area contributed by atoms with Gasteiger partial charge in [0.1, 0.15) is 0 Å². The van der Waals surface area contributed by atoms with Crippen molar-refractivity contribution in [3.63, 3.8) is 0 Å². The van der Waals surface area contributed by atoms with Crippen LogP contribution in [0.2, 0.25) is 0 Å².